The molecule has 2 aliphatic carbocycles. The maximum absolute atomic E-state index is 9.46. The number of nitrogens with one attached hydrogen (secondary N) is 2. The SMILES string of the molecule is C/C=C\C(=C/C)NC1N=CC2=C(CC(C3C=CC=CC3)C/C2=N\O)N1. The lowest BCUT2D eigenvalue weighted by Crippen LogP contribution is -2.45. The molecular formula is C20H26N4O. The Bertz CT molecular complexity index is 709. The summed E-state index contributed by atoms with van der Waals surface area (Å²) in [5.74, 6) is 0.916. The van der Waals surface area contributed by atoms with Gasteiger partial charge in [-0.1, -0.05) is 41.6 Å². The molecule has 0 aromatic carbocycles. The maximum Gasteiger partial charge on any atom is 0.193 e. The van der Waals surface area contributed by atoms with Crippen molar-refractivity contribution in [2.75, 3.05) is 0 Å². The van der Waals surface area contributed by atoms with Crippen LogP contribution in [0, 0.1) is 11.8 Å². The number of rotatable bonds is 4. The zero-order chi connectivity index (χ0) is 17.6. The molecule has 3 atom stereocenters. The highest BCUT2D eigenvalue weighted by Crippen LogP contribution is 2.35. The van der Waals surface area contributed by atoms with Gasteiger partial charge in [0, 0.05) is 23.2 Å². The van der Waals surface area contributed by atoms with Crippen LogP contribution in [0.1, 0.15) is 33.1 Å². The van der Waals surface area contributed by atoms with Crippen LogP contribution >= 0.6 is 0 Å². The van der Waals surface area contributed by atoms with Gasteiger partial charge in [0.05, 0.1) is 5.71 Å². The van der Waals surface area contributed by atoms with Crippen LogP contribution < -0.4 is 10.6 Å². The fourth-order valence-electron chi connectivity index (χ4n) is 3.60. The smallest absolute Gasteiger partial charge is 0.193 e. The average Bonchev–Trinajstić information content (AvgIpc) is 2.67. The van der Waals surface area contributed by atoms with Crippen LogP contribution in [0.4, 0.5) is 0 Å². The average molecular weight is 338 g/mol. The van der Waals surface area contributed by atoms with Crippen LogP contribution in [-0.4, -0.2) is 23.4 Å². The molecule has 0 bridgehead atoms. The van der Waals surface area contributed by atoms with E-state index < -0.39 is 0 Å². The summed E-state index contributed by atoms with van der Waals surface area (Å²) >= 11 is 0. The molecule has 0 aromatic rings. The van der Waals surface area contributed by atoms with Crippen molar-refractivity contribution in [3.63, 3.8) is 0 Å². The number of hydrogen-bond donors (Lipinski definition) is 3. The second kappa shape index (κ2) is 8.01. The van der Waals surface area contributed by atoms with Crippen LogP contribution in [0.15, 0.2) is 69.6 Å². The fraction of sp³-hybridized carbons (Fsp3) is 0.400. The minimum Gasteiger partial charge on any atom is -0.411 e. The summed E-state index contributed by atoms with van der Waals surface area (Å²) in [6, 6.07) is 0. The Morgan fingerprint density at radius 2 is 2.24 bits per heavy atom. The molecule has 132 valence electrons. The van der Waals surface area contributed by atoms with Crippen molar-refractivity contribution in [2.45, 2.75) is 39.4 Å². The topological polar surface area (TPSA) is 69.0 Å². The highest BCUT2D eigenvalue weighted by Gasteiger charge is 2.32. The lowest BCUT2D eigenvalue weighted by atomic mass is 9.75. The molecule has 0 saturated carbocycles. The second-order valence-electron chi connectivity index (χ2n) is 6.53. The molecule has 5 heteroatoms. The van der Waals surface area contributed by atoms with E-state index in [4.69, 9.17) is 0 Å². The van der Waals surface area contributed by atoms with Crippen molar-refractivity contribution >= 4 is 11.9 Å². The number of oxime groups is 1. The molecule has 0 fully saturated rings. The van der Waals surface area contributed by atoms with Crippen molar-refractivity contribution in [1.82, 2.24) is 10.6 Å². The van der Waals surface area contributed by atoms with E-state index >= 15 is 0 Å². The first-order valence-corrected chi connectivity index (χ1v) is 8.88. The van der Waals surface area contributed by atoms with Gasteiger partial charge in [-0.25, -0.2) is 4.99 Å². The predicted molar refractivity (Wildman–Crippen MR) is 102 cm³/mol. The van der Waals surface area contributed by atoms with Crippen molar-refractivity contribution in [1.29, 1.82) is 0 Å². The van der Waals surface area contributed by atoms with Gasteiger partial charge in [0.1, 0.15) is 0 Å². The Kier molecular flexibility index (Phi) is 5.53. The van der Waals surface area contributed by atoms with Crippen molar-refractivity contribution in [2.24, 2.45) is 22.0 Å². The largest absolute Gasteiger partial charge is 0.411 e. The van der Waals surface area contributed by atoms with Crippen molar-refractivity contribution in [3.8, 4) is 0 Å². The Labute approximate surface area is 149 Å². The minimum absolute atomic E-state index is 0.207. The molecule has 3 aliphatic rings. The molecule has 0 radical (unpaired) electrons. The number of nitrogens with zero attached hydrogens (tertiary/aromatic N) is 2. The Morgan fingerprint density at radius 1 is 1.36 bits per heavy atom. The summed E-state index contributed by atoms with van der Waals surface area (Å²) in [5.41, 5.74) is 3.78. The third-order valence-corrected chi connectivity index (χ3v) is 4.92. The van der Waals surface area contributed by atoms with E-state index in [2.05, 4.69) is 45.1 Å². The maximum atomic E-state index is 9.46. The van der Waals surface area contributed by atoms with Crippen LogP contribution in [0.3, 0.4) is 0 Å². The zero-order valence-electron chi connectivity index (χ0n) is 14.8. The van der Waals surface area contributed by atoms with E-state index in [1.165, 1.54) is 0 Å². The molecule has 1 aliphatic heterocycles. The molecule has 0 aromatic heterocycles. The third kappa shape index (κ3) is 3.92. The fourth-order valence-corrected chi connectivity index (χ4v) is 3.60. The Hall–Kier alpha value is -2.56. The lowest BCUT2D eigenvalue weighted by molar-refractivity contribution is 0.310. The van der Waals surface area contributed by atoms with Crippen LogP contribution in [0.25, 0.3) is 0 Å². The lowest BCUT2D eigenvalue weighted by Gasteiger charge is -2.35. The Morgan fingerprint density at radius 3 is 2.92 bits per heavy atom. The second-order valence-corrected chi connectivity index (χ2v) is 6.53. The molecule has 3 rings (SSSR count). The highest BCUT2D eigenvalue weighted by atomic mass is 16.4. The standard InChI is InChI=1S/C20H26N4O/c1-3-8-16(4-2)22-20-21-13-17-18(23-20)11-15(12-19(17)24-25)14-9-6-5-7-10-14/h3-9,13-15,20,22-23,25H,10-12H2,1-2H3/b8-3-,16-4+,24-19+. The first kappa shape index (κ1) is 17.3. The molecule has 3 unspecified atom stereocenters. The summed E-state index contributed by atoms with van der Waals surface area (Å²) in [6.45, 7) is 3.99. The summed E-state index contributed by atoms with van der Waals surface area (Å²) < 4.78 is 0. The van der Waals surface area contributed by atoms with Crippen LogP contribution in [0.5, 0.6) is 0 Å². The van der Waals surface area contributed by atoms with E-state index in [0.717, 1.165) is 41.9 Å². The van der Waals surface area contributed by atoms with E-state index in [9.17, 15) is 5.21 Å². The van der Waals surface area contributed by atoms with Crippen molar-refractivity contribution < 1.29 is 5.21 Å². The van der Waals surface area contributed by atoms with Gasteiger partial charge in [0.25, 0.3) is 0 Å². The van der Waals surface area contributed by atoms with Gasteiger partial charge < -0.3 is 15.8 Å². The molecule has 5 nitrogen and oxygen atoms in total. The number of aliphatic imine (C=N–C) groups is 1. The van der Waals surface area contributed by atoms with Gasteiger partial charge in [-0.3, -0.25) is 0 Å². The summed E-state index contributed by atoms with van der Waals surface area (Å²) in [5, 5.41) is 19.9. The van der Waals surface area contributed by atoms with E-state index in [-0.39, 0.29) is 6.29 Å². The molecule has 1 heterocycles. The van der Waals surface area contributed by atoms with E-state index in [0.29, 0.717) is 11.8 Å². The van der Waals surface area contributed by atoms with Gasteiger partial charge in [-0.15, -0.1) is 0 Å². The first-order valence-electron chi connectivity index (χ1n) is 8.88. The zero-order valence-corrected chi connectivity index (χ0v) is 14.8. The molecular weight excluding hydrogens is 312 g/mol. The molecule has 0 spiro atoms. The summed E-state index contributed by atoms with van der Waals surface area (Å²) in [4.78, 5) is 4.52. The summed E-state index contributed by atoms with van der Waals surface area (Å²) in [6.07, 6.45) is 19.1. The van der Waals surface area contributed by atoms with Gasteiger partial charge in [0.15, 0.2) is 6.29 Å². The first-order chi connectivity index (χ1) is 12.2. The van der Waals surface area contributed by atoms with Gasteiger partial charge in [-0.05, 0) is 51.0 Å². The van der Waals surface area contributed by atoms with E-state index in [1.54, 1.807) is 0 Å². The van der Waals surface area contributed by atoms with Gasteiger partial charge in [-0.2, -0.15) is 0 Å². The predicted octanol–water partition coefficient (Wildman–Crippen LogP) is 3.64. The molecule has 25 heavy (non-hydrogen) atoms. The number of hydrogen-bond acceptors (Lipinski definition) is 5. The van der Waals surface area contributed by atoms with Crippen molar-refractivity contribution in [3.05, 3.63) is 59.5 Å². The van der Waals surface area contributed by atoms with E-state index in [1.807, 2.05) is 38.3 Å². The monoisotopic (exact) mass is 338 g/mol. The molecule has 0 amide bonds. The summed E-state index contributed by atoms with van der Waals surface area (Å²) in [7, 11) is 0. The quantitative estimate of drug-likeness (QED) is 0.416. The minimum atomic E-state index is -0.207. The van der Waals surface area contributed by atoms with Crippen LogP contribution in [0.2, 0.25) is 0 Å². The molecule has 0 saturated heterocycles. The normalized spacial score (nSPS) is 30.7. The Balaban J connectivity index is 1.75. The highest BCUT2D eigenvalue weighted by molar-refractivity contribution is 6.17. The number of allylic oxidation sites excluding steroid dienone is 9. The van der Waals surface area contributed by atoms with Gasteiger partial charge in [0.2, 0.25) is 0 Å². The third-order valence-electron chi connectivity index (χ3n) is 4.92. The molecule has 3 N–H and O–H groups in total. The van der Waals surface area contributed by atoms with Crippen LogP contribution in [-0.2, 0) is 0 Å². The van der Waals surface area contributed by atoms with Gasteiger partial charge >= 0.3 is 0 Å².